The third kappa shape index (κ3) is 9.80. The molecule has 0 N–H and O–H groups in total. The van der Waals surface area contributed by atoms with Gasteiger partial charge in [0.1, 0.15) is 8.24 Å². The summed E-state index contributed by atoms with van der Waals surface area (Å²) in [6.07, 6.45) is 1.53. The molecule has 31 heavy (non-hydrogen) atoms. The van der Waals surface area contributed by atoms with Gasteiger partial charge in [0.2, 0.25) is 0 Å². The number of hydrogen-bond acceptors (Lipinski definition) is 5. The zero-order chi connectivity index (χ0) is 24.5. The van der Waals surface area contributed by atoms with Gasteiger partial charge in [0, 0.05) is 19.8 Å². The average molecular weight is 492 g/mol. The lowest BCUT2D eigenvalue weighted by Gasteiger charge is -2.41. The van der Waals surface area contributed by atoms with Crippen molar-refractivity contribution in [2.24, 2.45) is 0 Å². The van der Waals surface area contributed by atoms with Gasteiger partial charge < -0.3 is 17.8 Å². The van der Waals surface area contributed by atoms with Crippen molar-refractivity contribution in [2.45, 2.75) is 117 Å². The smallest absolute Gasteiger partial charge is 0.334 e. The Morgan fingerprint density at radius 3 is 1.61 bits per heavy atom. The first kappa shape index (κ1) is 31.0. The van der Waals surface area contributed by atoms with E-state index in [0.717, 1.165) is 25.6 Å². The van der Waals surface area contributed by atoms with E-state index in [1.54, 1.807) is 0 Å². The standard InChI is InChI=1S/C23H53NO4Si3/c1-13-26-30(12,27-14-2)19-15-17-24(29(9,10)11)18-16-23(25)28-31(20(3)4,21(5)6)22(7)8/h20-22H,13-19H2,1-12H3. The first-order valence-electron chi connectivity index (χ1n) is 12.4. The Bertz CT molecular complexity index is 494. The van der Waals surface area contributed by atoms with E-state index in [0.29, 0.717) is 36.3 Å². The highest BCUT2D eigenvalue weighted by molar-refractivity contribution is 6.79. The van der Waals surface area contributed by atoms with Gasteiger partial charge in [0.25, 0.3) is 14.3 Å². The number of rotatable bonds is 16. The normalized spacial score (nSPS) is 13.7. The monoisotopic (exact) mass is 491 g/mol. The summed E-state index contributed by atoms with van der Waals surface area (Å²) in [6.45, 7) is 29.9. The number of nitrogens with zero attached hydrogens (tertiary/aromatic N) is 1. The van der Waals surface area contributed by atoms with E-state index in [-0.39, 0.29) is 5.97 Å². The molecule has 0 aromatic rings. The van der Waals surface area contributed by atoms with Crippen LogP contribution in [0.15, 0.2) is 0 Å². The van der Waals surface area contributed by atoms with Crippen LogP contribution in [0.25, 0.3) is 0 Å². The molecule has 0 saturated heterocycles. The van der Waals surface area contributed by atoms with Gasteiger partial charge in [-0.1, -0.05) is 61.2 Å². The van der Waals surface area contributed by atoms with Crippen molar-refractivity contribution in [1.82, 2.24) is 4.57 Å². The van der Waals surface area contributed by atoms with Crippen LogP contribution in [0, 0.1) is 0 Å². The molecule has 0 radical (unpaired) electrons. The molecule has 0 aliphatic carbocycles. The molecule has 0 unspecified atom stereocenters. The summed E-state index contributed by atoms with van der Waals surface area (Å²) >= 11 is 0. The summed E-state index contributed by atoms with van der Waals surface area (Å²) in [6, 6.07) is 0.990. The fraction of sp³-hybridized carbons (Fsp3) is 0.957. The van der Waals surface area contributed by atoms with Gasteiger partial charge in [-0.15, -0.1) is 0 Å². The highest BCUT2D eigenvalue weighted by Crippen LogP contribution is 2.42. The molecular formula is C23H53NO4Si3. The fourth-order valence-corrected chi connectivity index (χ4v) is 14.2. The van der Waals surface area contributed by atoms with Crippen LogP contribution < -0.4 is 0 Å². The second-order valence-electron chi connectivity index (χ2n) is 10.8. The van der Waals surface area contributed by atoms with Gasteiger partial charge in [-0.2, -0.15) is 0 Å². The Kier molecular flexibility index (Phi) is 13.6. The van der Waals surface area contributed by atoms with E-state index in [1.807, 2.05) is 13.8 Å². The van der Waals surface area contributed by atoms with Crippen LogP contribution in [0.4, 0.5) is 0 Å². The SMILES string of the molecule is CCO[Si](C)(CCCN(CCC(=O)O[Si](C(C)C)(C(C)C)C(C)C)[Si](C)(C)C)OCC. The minimum Gasteiger partial charge on any atom is -0.518 e. The largest absolute Gasteiger partial charge is 0.518 e. The number of carbonyl (C=O) groups is 1. The molecule has 0 heterocycles. The summed E-state index contributed by atoms with van der Waals surface area (Å²) in [5.74, 6) is -0.00568. The van der Waals surface area contributed by atoms with Gasteiger partial charge in [-0.05, 0) is 56.0 Å². The Morgan fingerprint density at radius 2 is 1.26 bits per heavy atom. The zero-order valence-corrected chi connectivity index (χ0v) is 25.8. The van der Waals surface area contributed by atoms with Crippen molar-refractivity contribution >= 4 is 31.1 Å². The minimum atomic E-state index is -2.16. The van der Waals surface area contributed by atoms with Gasteiger partial charge in [-0.25, -0.2) is 0 Å². The van der Waals surface area contributed by atoms with E-state index in [2.05, 4.69) is 72.3 Å². The predicted octanol–water partition coefficient (Wildman–Crippen LogP) is 6.77. The molecule has 0 bridgehead atoms. The lowest BCUT2D eigenvalue weighted by atomic mass is 10.4. The molecule has 0 aliphatic heterocycles. The molecule has 0 saturated carbocycles. The van der Waals surface area contributed by atoms with Crippen molar-refractivity contribution in [3.63, 3.8) is 0 Å². The molecule has 5 nitrogen and oxygen atoms in total. The molecule has 0 aliphatic rings. The lowest BCUT2D eigenvalue weighted by Crippen LogP contribution is -2.51. The summed E-state index contributed by atoms with van der Waals surface area (Å²) in [5.41, 5.74) is 1.26. The Balaban J connectivity index is 5.07. The third-order valence-corrected chi connectivity index (χ3v) is 17.9. The van der Waals surface area contributed by atoms with Crippen LogP contribution >= 0.6 is 0 Å². The molecule has 0 atom stereocenters. The summed E-state index contributed by atoms with van der Waals surface area (Å²) in [7, 11) is -5.79. The van der Waals surface area contributed by atoms with E-state index in [9.17, 15) is 4.79 Å². The summed E-state index contributed by atoms with van der Waals surface area (Å²) in [5, 5.41) is 0. The topological polar surface area (TPSA) is 48.0 Å². The van der Waals surface area contributed by atoms with Crippen molar-refractivity contribution in [3.05, 3.63) is 0 Å². The maximum atomic E-state index is 13.0. The lowest BCUT2D eigenvalue weighted by molar-refractivity contribution is -0.135. The van der Waals surface area contributed by atoms with Gasteiger partial charge in [0.05, 0.1) is 6.42 Å². The van der Waals surface area contributed by atoms with Crippen LogP contribution in [0.1, 0.15) is 68.2 Å². The van der Waals surface area contributed by atoms with Crippen LogP contribution in [-0.4, -0.2) is 62.0 Å². The quantitative estimate of drug-likeness (QED) is 0.223. The molecule has 186 valence electrons. The van der Waals surface area contributed by atoms with Crippen molar-refractivity contribution in [1.29, 1.82) is 0 Å². The maximum absolute atomic E-state index is 13.0. The fourth-order valence-electron chi connectivity index (χ4n) is 5.00. The molecule has 0 rings (SSSR count). The van der Waals surface area contributed by atoms with Gasteiger partial charge >= 0.3 is 8.56 Å². The first-order valence-corrected chi connectivity index (χ1v) is 20.5. The molecule has 0 fully saturated rings. The average Bonchev–Trinajstić information content (AvgIpc) is 2.60. The van der Waals surface area contributed by atoms with E-state index < -0.39 is 25.1 Å². The molecule has 0 aromatic carbocycles. The van der Waals surface area contributed by atoms with Crippen LogP contribution in [0.2, 0.25) is 48.9 Å². The predicted molar refractivity (Wildman–Crippen MR) is 141 cm³/mol. The molecule has 0 aromatic heterocycles. The molecule has 0 amide bonds. The number of carbonyl (C=O) groups excluding carboxylic acids is 1. The van der Waals surface area contributed by atoms with Crippen LogP contribution in [-0.2, 0) is 18.1 Å². The number of hydrogen-bond donors (Lipinski definition) is 0. The molecule has 0 spiro atoms. The third-order valence-electron chi connectivity index (χ3n) is 6.49. The summed E-state index contributed by atoms with van der Waals surface area (Å²) in [4.78, 5) is 13.0. The van der Waals surface area contributed by atoms with Crippen molar-refractivity contribution in [2.75, 3.05) is 26.3 Å². The highest BCUT2D eigenvalue weighted by atomic mass is 28.4. The Hall–Kier alpha value is 0.000649. The van der Waals surface area contributed by atoms with E-state index >= 15 is 0 Å². The minimum absolute atomic E-state index is 0.00568. The Labute approximate surface area is 197 Å². The second-order valence-corrected chi connectivity index (χ2v) is 24.5. The van der Waals surface area contributed by atoms with Gasteiger partial charge in [0.15, 0.2) is 0 Å². The second kappa shape index (κ2) is 13.6. The van der Waals surface area contributed by atoms with Crippen LogP contribution in [0.3, 0.4) is 0 Å². The molecular weight excluding hydrogens is 439 g/mol. The van der Waals surface area contributed by atoms with E-state index in [1.165, 1.54) is 0 Å². The van der Waals surface area contributed by atoms with Crippen molar-refractivity contribution < 1.29 is 18.1 Å². The van der Waals surface area contributed by atoms with Gasteiger partial charge in [-0.3, -0.25) is 4.79 Å². The first-order chi connectivity index (χ1) is 14.2. The zero-order valence-electron chi connectivity index (χ0n) is 22.8. The van der Waals surface area contributed by atoms with E-state index in [4.69, 9.17) is 13.3 Å². The highest BCUT2D eigenvalue weighted by Gasteiger charge is 2.48. The Morgan fingerprint density at radius 1 is 0.806 bits per heavy atom. The summed E-state index contributed by atoms with van der Waals surface area (Å²) < 4.78 is 20.9. The maximum Gasteiger partial charge on any atom is 0.334 e. The molecule has 8 heteroatoms. The van der Waals surface area contributed by atoms with Crippen LogP contribution in [0.5, 0.6) is 0 Å². The van der Waals surface area contributed by atoms with Crippen molar-refractivity contribution in [3.8, 4) is 0 Å².